The Hall–Kier alpha value is -0.590. The summed E-state index contributed by atoms with van der Waals surface area (Å²) in [7, 11) is 0. The summed E-state index contributed by atoms with van der Waals surface area (Å²) in [4.78, 5) is 2.32. The third kappa shape index (κ3) is 2.47. The number of ether oxygens (including phenoxy) is 1. The van der Waals surface area contributed by atoms with E-state index in [-0.39, 0.29) is 0 Å². The van der Waals surface area contributed by atoms with E-state index >= 15 is 0 Å². The first-order valence-electron chi connectivity index (χ1n) is 4.46. The molecule has 1 fully saturated rings. The Bertz CT molecular complexity index is 176. The van der Waals surface area contributed by atoms with Gasteiger partial charge in [-0.05, 0) is 13.8 Å². The smallest absolute Gasteiger partial charge is 0.0674 e. The number of morpholine rings is 1. The van der Waals surface area contributed by atoms with E-state index in [1.165, 1.54) is 0 Å². The van der Waals surface area contributed by atoms with Crippen LogP contribution in [0.4, 0.5) is 0 Å². The van der Waals surface area contributed by atoms with Crippen LogP contribution >= 0.6 is 0 Å². The molecule has 0 bridgehead atoms. The summed E-state index contributed by atoms with van der Waals surface area (Å²) in [6, 6.07) is 2.57. The Morgan fingerprint density at radius 1 is 1.75 bits per heavy atom. The van der Waals surface area contributed by atoms with Crippen LogP contribution < -0.4 is 0 Å². The van der Waals surface area contributed by atoms with Gasteiger partial charge in [0.1, 0.15) is 0 Å². The van der Waals surface area contributed by atoms with Gasteiger partial charge in [-0.25, -0.2) is 0 Å². The van der Waals surface area contributed by atoms with Crippen LogP contribution in [-0.2, 0) is 4.74 Å². The second-order valence-electron chi connectivity index (χ2n) is 3.39. The molecule has 3 heteroatoms. The molecule has 1 rings (SSSR count). The van der Waals surface area contributed by atoms with Gasteiger partial charge in [0.15, 0.2) is 0 Å². The van der Waals surface area contributed by atoms with Gasteiger partial charge in [0, 0.05) is 19.1 Å². The normalized spacial score (nSPS) is 27.9. The zero-order chi connectivity index (χ0) is 8.97. The average Bonchev–Trinajstić information content (AvgIpc) is 2.05. The van der Waals surface area contributed by atoms with Crippen molar-refractivity contribution in [2.75, 3.05) is 19.7 Å². The van der Waals surface area contributed by atoms with E-state index < -0.39 is 0 Å². The first-order chi connectivity index (χ1) is 5.74. The Labute approximate surface area is 73.9 Å². The molecule has 1 heterocycles. The van der Waals surface area contributed by atoms with E-state index in [1.54, 1.807) is 0 Å². The molecule has 0 radical (unpaired) electrons. The van der Waals surface area contributed by atoms with Crippen LogP contribution in [0.1, 0.15) is 20.3 Å². The SMILES string of the molecule is CC1CN(C(C)CC#N)CCO1. The minimum Gasteiger partial charge on any atom is -0.376 e. The molecule has 0 saturated carbocycles. The zero-order valence-electron chi connectivity index (χ0n) is 7.79. The van der Waals surface area contributed by atoms with E-state index in [1.807, 2.05) is 0 Å². The van der Waals surface area contributed by atoms with Crippen LogP contribution in [-0.4, -0.2) is 36.7 Å². The van der Waals surface area contributed by atoms with E-state index in [4.69, 9.17) is 10.00 Å². The van der Waals surface area contributed by atoms with Crippen LogP contribution in [0.5, 0.6) is 0 Å². The fraction of sp³-hybridized carbons (Fsp3) is 0.889. The molecule has 2 unspecified atom stereocenters. The van der Waals surface area contributed by atoms with Gasteiger partial charge >= 0.3 is 0 Å². The Balaban J connectivity index is 2.35. The van der Waals surface area contributed by atoms with Gasteiger partial charge in [-0.15, -0.1) is 0 Å². The van der Waals surface area contributed by atoms with Crippen LogP contribution in [0.25, 0.3) is 0 Å². The standard InChI is InChI=1S/C9H16N2O/c1-8(3-4-10)11-5-6-12-9(2)7-11/h8-9H,3,5-7H2,1-2H3. The maximum absolute atomic E-state index is 8.53. The fourth-order valence-corrected chi connectivity index (χ4v) is 1.51. The number of hydrogen-bond acceptors (Lipinski definition) is 3. The summed E-state index contributed by atoms with van der Waals surface area (Å²) < 4.78 is 5.41. The maximum atomic E-state index is 8.53. The molecule has 1 aliphatic rings. The molecule has 0 aromatic carbocycles. The predicted molar refractivity (Wildman–Crippen MR) is 46.7 cm³/mol. The van der Waals surface area contributed by atoms with Crippen molar-refractivity contribution in [3.63, 3.8) is 0 Å². The molecular weight excluding hydrogens is 152 g/mol. The average molecular weight is 168 g/mol. The van der Waals surface area contributed by atoms with Crippen molar-refractivity contribution < 1.29 is 4.74 Å². The van der Waals surface area contributed by atoms with Crippen molar-refractivity contribution >= 4 is 0 Å². The lowest BCUT2D eigenvalue weighted by atomic mass is 10.2. The van der Waals surface area contributed by atoms with Gasteiger partial charge < -0.3 is 4.74 Å². The number of hydrogen-bond donors (Lipinski definition) is 0. The summed E-state index contributed by atoms with van der Waals surface area (Å²) in [6.45, 7) is 6.90. The summed E-state index contributed by atoms with van der Waals surface area (Å²) in [5, 5.41) is 8.53. The summed E-state index contributed by atoms with van der Waals surface area (Å²) in [6.07, 6.45) is 0.937. The second-order valence-corrected chi connectivity index (χ2v) is 3.39. The molecule has 2 atom stereocenters. The Morgan fingerprint density at radius 3 is 3.08 bits per heavy atom. The highest BCUT2D eigenvalue weighted by Gasteiger charge is 2.20. The van der Waals surface area contributed by atoms with Crippen molar-refractivity contribution in [2.45, 2.75) is 32.4 Å². The van der Waals surface area contributed by atoms with Crippen LogP contribution in [0.15, 0.2) is 0 Å². The summed E-state index contributed by atoms with van der Waals surface area (Å²) in [5.74, 6) is 0. The minimum atomic E-state index is 0.319. The third-order valence-electron chi connectivity index (χ3n) is 2.28. The lowest BCUT2D eigenvalue weighted by Gasteiger charge is -2.34. The van der Waals surface area contributed by atoms with E-state index in [0.717, 1.165) is 19.7 Å². The first-order valence-corrected chi connectivity index (χ1v) is 4.46. The van der Waals surface area contributed by atoms with Gasteiger partial charge in [0.05, 0.1) is 25.2 Å². The molecule has 0 aliphatic carbocycles. The van der Waals surface area contributed by atoms with Crippen molar-refractivity contribution in [1.29, 1.82) is 5.26 Å². The monoisotopic (exact) mass is 168 g/mol. The van der Waals surface area contributed by atoms with E-state index in [9.17, 15) is 0 Å². The quantitative estimate of drug-likeness (QED) is 0.617. The van der Waals surface area contributed by atoms with Gasteiger partial charge in [0.2, 0.25) is 0 Å². The largest absolute Gasteiger partial charge is 0.376 e. The topological polar surface area (TPSA) is 36.3 Å². The second kappa shape index (κ2) is 4.44. The first kappa shape index (κ1) is 9.50. The molecule has 1 saturated heterocycles. The zero-order valence-corrected chi connectivity index (χ0v) is 7.79. The van der Waals surface area contributed by atoms with Crippen molar-refractivity contribution in [1.82, 2.24) is 4.90 Å². The van der Waals surface area contributed by atoms with E-state index in [0.29, 0.717) is 18.6 Å². The van der Waals surface area contributed by atoms with Gasteiger partial charge in [-0.2, -0.15) is 5.26 Å². The molecule has 3 nitrogen and oxygen atoms in total. The summed E-state index contributed by atoms with van der Waals surface area (Å²) >= 11 is 0. The minimum absolute atomic E-state index is 0.319. The number of nitrogens with zero attached hydrogens (tertiary/aromatic N) is 2. The van der Waals surface area contributed by atoms with Gasteiger partial charge in [-0.1, -0.05) is 0 Å². The molecule has 0 amide bonds. The third-order valence-corrected chi connectivity index (χ3v) is 2.28. The fourth-order valence-electron chi connectivity index (χ4n) is 1.51. The molecule has 0 aromatic rings. The highest BCUT2D eigenvalue weighted by molar-refractivity contribution is 4.82. The molecular formula is C9H16N2O. The predicted octanol–water partition coefficient (Wildman–Crippen LogP) is 1.01. The lowest BCUT2D eigenvalue weighted by molar-refractivity contribution is -0.0307. The van der Waals surface area contributed by atoms with E-state index in [2.05, 4.69) is 24.8 Å². The lowest BCUT2D eigenvalue weighted by Crippen LogP contribution is -2.45. The highest BCUT2D eigenvalue weighted by Crippen LogP contribution is 2.09. The Morgan fingerprint density at radius 2 is 2.50 bits per heavy atom. The van der Waals surface area contributed by atoms with Gasteiger partial charge in [-0.3, -0.25) is 4.90 Å². The number of rotatable bonds is 2. The van der Waals surface area contributed by atoms with Crippen LogP contribution in [0.2, 0.25) is 0 Å². The summed E-state index contributed by atoms with van der Waals surface area (Å²) in [5.41, 5.74) is 0. The molecule has 1 aliphatic heterocycles. The molecule has 0 aromatic heterocycles. The number of nitriles is 1. The van der Waals surface area contributed by atoms with Crippen LogP contribution in [0.3, 0.4) is 0 Å². The highest BCUT2D eigenvalue weighted by atomic mass is 16.5. The van der Waals surface area contributed by atoms with Gasteiger partial charge in [0.25, 0.3) is 0 Å². The molecule has 68 valence electrons. The molecule has 12 heavy (non-hydrogen) atoms. The maximum Gasteiger partial charge on any atom is 0.0674 e. The van der Waals surface area contributed by atoms with Crippen molar-refractivity contribution in [3.8, 4) is 6.07 Å². The van der Waals surface area contributed by atoms with Crippen molar-refractivity contribution in [2.24, 2.45) is 0 Å². The van der Waals surface area contributed by atoms with Crippen molar-refractivity contribution in [3.05, 3.63) is 0 Å². The van der Waals surface area contributed by atoms with Crippen LogP contribution in [0, 0.1) is 11.3 Å². The Kier molecular flexibility index (Phi) is 3.51. The molecule has 0 N–H and O–H groups in total. The molecule has 0 spiro atoms.